The summed E-state index contributed by atoms with van der Waals surface area (Å²) < 4.78 is 44.8. The van der Waals surface area contributed by atoms with Crippen LogP contribution in [0.2, 0.25) is 0 Å². The van der Waals surface area contributed by atoms with Gasteiger partial charge >= 0.3 is 0 Å². The van der Waals surface area contributed by atoms with Gasteiger partial charge in [0.2, 0.25) is 0 Å². The fourth-order valence-corrected chi connectivity index (χ4v) is 1.92. The molecule has 5 heteroatoms. The molecule has 0 heterocycles. The molecule has 1 unspecified atom stereocenters. The standard InChI is InChI=1S/C15H13F3O2/c1-20-14-6-5-9(7-12(14)17)13(19)8-10-3-2-4-11(16)15(10)18/h2-7,13,19H,8H2,1H3. The van der Waals surface area contributed by atoms with E-state index in [9.17, 15) is 18.3 Å². The van der Waals surface area contributed by atoms with Crippen LogP contribution in [0.15, 0.2) is 36.4 Å². The molecule has 0 aliphatic rings. The fraction of sp³-hybridized carbons (Fsp3) is 0.200. The highest BCUT2D eigenvalue weighted by atomic mass is 19.2. The topological polar surface area (TPSA) is 29.5 Å². The Morgan fingerprint density at radius 2 is 1.85 bits per heavy atom. The molecule has 0 aliphatic heterocycles. The lowest BCUT2D eigenvalue weighted by Crippen LogP contribution is -2.05. The second-order valence-corrected chi connectivity index (χ2v) is 4.33. The van der Waals surface area contributed by atoms with E-state index in [1.165, 1.54) is 31.4 Å². The third-order valence-electron chi connectivity index (χ3n) is 3.01. The Kier molecular flexibility index (Phi) is 4.29. The Morgan fingerprint density at radius 3 is 2.50 bits per heavy atom. The summed E-state index contributed by atoms with van der Waals surface area (Å²) in [6.07, 6.45) is -1.28. The predicted octanol–water partition coefficient (Wildman–Crippen LogP) is 3.39. The maximum atomic E-state index is 13.5. The highest BCUT2D eigenvalue weighted by Gasteiger charge is 2.15. The molecular weight excluding hydrogens is 269 g/mol. The fourth-order valence-electron chi connectivity index (χ4n) is 1.92. The van der Waals surface area contributed by atoms with Gasteiger partial charge in [0.05, 0.1) is 13.2 Å². The molecule has 1 N–H and O–H groups in total. The smallest absolute Gasteiger partial charge is 0.165 e. The average molecular weight is 282 g/mol. The molecule has 0 aliphatic carbocycles. The summed E-state index contributed by atoms with van der Waals surface area (Å²) in [5, 5.41) is 9.98. The number of hydrogen-bond donors (Lipinski definition) is 1. The van der Waals surface area contributed by atoms with E-state index < -0.39 is 23.6 Å². The zero-order valence-electron chi connectivity index (χ0n) is 10.7. The minimum atomic E-state index is -1.13. The van der Waals surface area contributed by atoms with Crippen LogP contribution < -0.4 is 4.74 Å². The van der Waals surface area contributed by atoms with Gasteiger partial charge in [-0.1, -0.05) is 18.2 Å². The van der Waals surface area contributed by atoms with Gasteiger partial charge in [0.25, 0.3) is 0 Å². The Labute approximate surface area is 114 Å². The molecule has 0 radical (unpaired) electrons. The van der Waals surface area contributed by atoms with Crippen molar-refractivity contribution in [3.8, 4) is 5.75 Å². The van der Waals surface area contributed by atoms with Gasteiger partial charge in [-0.25, -0.2) is 13.2 Å². The molecule has 0 saturated heterocycles. The Morgan fingerprint density at radius 1 is 1.10 bits per heavy atom. The molecule has 2 aromatic rings. The van der Waals surface area contributed by atoms with Gasteiger partial charge in [0.15, 0.2) is 23.2 Å². The molecule has 2 rings (SSSR count). The normalized spacial score (nSPS) is 12.2. The van der Waals surface area contributed by atoms with Crippen LogP contribution >= 0.6 is 0 Å². The summed E-state index contributed by atoms with van der Waals surface area (Å²) in [5.41, 5.74) is 0.306. The second kappa shape index (κ2) is 5.96. The molecule has 0 fully saturated rings. The number of benzene rings is 2. The first-order valence-electron chi connectivity index (χ1n) is 5.97. The van der Waals surface area contributed by atoms with E-state index in [-0.39, 0.29) is 23.3 Å². The number of aliphatic hydroxyl groups is 1. The van der Waals surface area contributed by atoms with E-state index in [4.69, 9.17) is 4.74 Å². The van der Waals surface area contributed by atoms with Gasteiger partial charge in [0.1, 0.15) is 0 Å². The maximum Gasteiger partial charge on any atom is 0.165 e. The minimum absolute atomic E-state index is 0.0359. The van der Waals surface area contributed by atoms with E-state index in [1.54, 1.807) is 0 Å². The largest absolute Gasteiger partial charge is 0.494 e. The van der Waals surface area contributed by atoms with Crippen LogP contribution in [0.5, 0.6) is 5.75 Å². The van der Waals surface area contributed by atoms with Crippen molar-refractivity contribution in [1.82, 2.24) is 0 Å². The van der Waals surface area contributed by atoms with Gasteiger partial charge in [-0.3, -0.25) is 0 Å². The summed E-state index contributed by atoms with van der Waals surface area (Å²) in [6.45, 7) is 0. The quantitative estimate of drug-likeness (QED) is 0.931. The molecule has 0 saturated carbocycles. The number of hydrogen-bond acceptors (Lipinski definition) is 2. The van der Waals surface area contributed by atoms with Crippen LogP contribution in [-0.4, -0.2) is 12.2 Å². The van der Waals surface area contributed by atoms with E-state index in [0.717, 1.165) is 12.1 Å². The van der Waals surface area contributed by atoms with Gasteiger partial charge in [-0.05, 0) is 29.3 Å². The number of halogens is 3. The molecular formula is C15H13F3O2. The van der Waals surface area contributed by atoms with Gasteiger partial charge in [-0.2, -0.15) is 0 Å². The van der Waals surface area contributed by atoms with Crippen molar-refractivity contribution >= 4 is 0 Å². The van der Waals surface area contributed by atoms with Gasteiger partial charge < -0.3 is 9.84 Å². The predicted molar refractivity (Wildman–Crippen MR) is 68.0 cm³/mol. The third-order valence-corrected chi connectivity index (χ3v) is 3.01. The Bertz CT molecular complexity index is 614. The third kappa shape index (κ3) is 2.93. The zero-order valence-corrected chi connectivity index (χ0v) is 10.7. The summed E-state index contributed by atoms with van der Waals surface area (Å²) in [4.78, 5) is 0. The number of ether oxygens (including phenoxy) is 1. The van der Waals surface area contributed by atoms with Crippen molar-refractivity contribution in [2.24, 2.45) is 0 Å². The van der Waals surface area contributed by atoms with Crippen LogP contribution in [0.3, 0.4) is 0 Å². The lowest BCUT2D eigenvalue weighted by Gasteiger charge is -2.13. The molecule has 0 aromatic heterocycles. The Balaban J connectivity index is 2.21. The van der Waals surface area contributed by atoms with Crippen LogP contribution in [0, 0.1) is 17.5 Å². The summed E-state index contributed by atoms with van der Waals surface area (Å²) in [5.74, 6) is -2.54. The highest BCUT2D eigenvalue weighted by Crippen LogP contribution is 2.25. The zero-order chi connectivity index (χ0) is 14.7. The van der Waals surface area contributed by atoms with Crippen molar-refractivity contribution in [2.45, 2.75) is 12.5 Å². The molecule has 0 bridgehead atoms. The van der Waals surface area contributed by atoms with E-state index >= 15 is 0 Å². The van der Waals surface area contributed by atoms with Crippen molar-refractivity contribution in [2.75, 3.05) is 7.11 Å². The number of aliphatic hydroxyl groups excluding tert-OH is 1. The molecule has 2 nitrogen and oxygen atoms in total. The molecule has 0 spiro atoms. The monoisotopic (exact) mass is 282 g/mol. The van der Waals surface area contributed by atoms with Crippen LogP contribution in [0.4, 0.5) is 13.2 Å². The van der Waals surface area contributed by atoms with Crippen LogP contribution in [0.1, 0.15) is 17.2 Å². The summed E-state index contributed by atoms with van der Waals surface area (Å²) in [6, 6.07) is 7.69. The second-order valence-electron chi connectivity index (χ2n) is 4.33. The molecule has 20 heavy (non-hydrogen) atoms. The first-order valence-corrected chi connectivity index (χ1v) is 5.97. The van der Waals surface area contributed by atoms with E-state index in [2.05, 4.69) is 0 Å². The maximum absolute atomic E-state index is 13.5. The summed E-state index contributed by atoms with van der Waals surface area (Å²) in [7, 11) is 1.33. The van der Waals surface area contributed by atoms with Crippen molar-refractivity contribution in [3.63, 3.8) is 0 Å². The molecule has 1 atom stereocenters. The van der Waals surface area contributed by atoms with Crippen molar-refractivity contribution < 1.29 is 23.0 Å². The molecule has 106 valence electrons. The van der Waals surface area contributed by atoms with Gasteiger partial charge in [-0.15, -0.1) is 0 Å². The minimum Gasteiger partial charge on any atom is -0.494 e. The van der Waals surface area contributed by atoms with E-state index in [1.807, 2.05) is 0 Å². The lowest BCUT2D eigenvalue weighted by atomic mass is 10.0. The molecule has 2 aromatic carbocycles. The van der Waals surface area contributed by atoms with E-state index in [0.29, 0.717) is 0 Å². The molecule has 0 amide bonds. The first-order chi connectivity index (χ1) is 9.52. The summed E-state index contributed by atoms with van der Waals surface area (Å²) >= 11 is 0. The van der Waals surface area contributed by atoms with Crippen LogP contribution in [0.25, 0.3) is 0 Å². The van der Waals surface area contributed by atoms with Gasteiger partial charge in [0, 0.05) is 6.42 Å². The SMILES string of the molecule is COc1ccc(C(O)Cc2cccc(F)c2F)cc1F. The highest BCUT2D eigenvalue weighted by molar-refractivity contribution is 5.31. The first kappa shape index (κ1) is 14.4. The lowest BCUT2D eigenvalue weighted by molar-refractivity contribution is 0.176. The van der Waals surface area contributed by atoms with Crippen molar-refractivity contribution in [1.29, 1.82) is 0 Å². The van der Waals surface area contributed by atoms with Crippen molar-refractivity contribution in [3.05, 3.63) is 65.0 Å². The Hall–Kier alpha value is -2.01. The average Bonchev–Trinajstić information content (AvgIpc) is 2.43. The number of methoxy groups -OCH3 is 1. The number of rotatable bonds is 4. The van der Waals surface area contributed by atoms with Crippen LogP contribution in [-0.2, 0) is 6.42 Å².